The van der Waals surface area contributed by atoms with Crippen LogP contribution >= 0.6 is 0 Å². The summed E-state index contributed by atoms with van der Waals surface area (Å²) < 4.78 is 0. The van der Waals surface area contributed by atoms with Gasteiger partial charge in [0.15, 0.2) is 0 Å². The van der Waals surface area contributed by atoms with Gasteiger partial charge in [0, 0.05) is 0 Å². The lowest BCUT2D eigenvalue weighted by molar-refractivity contribution is 0.187. The van der Waals surface area contributed by atoms with Gasteiger partial charge in [-0.2, -0.15) is 0 Å². The molecule has 115 valence electrons. The van der Waals surface area contributed by atoms with Crippen LogP contribution in [0.25, 0.3) is 0 Å². The lowest BCUT2D eigenvalue weighted by Crippen LogP contribution is -2.06. The van der Waals surface area contributed by atoms with Gasteiger partial charge in [-0.1, -0.05) is 90.9 Å². The van der Waals surface area contributed by atoms with Gasteiger partial charge in [-0.15, -0.1) is 0 Å². The third kappa shape index (κ3) is 15.9. The highest BCUT2D eigenvalue weighted by atomic mass is 16.3. The predicted molar refractivity (Wildman–Crippen MR) is 86.3 cm³/mol. The number of aliphatic hydroxyl groups is 1. The maximum Gasteiger partial charge on any atom is 0.0572 e. The molecule has 0 aromatic rings. The maximum absolute atomic E-state index is 9.82. The van der Waals surface area contributed by atoms with Crippen LogP contribution in [0.3, 0.4) is 0 Å². The van der Waals surface area contributed by atoms with Crippen LogP contribution < -0.4 is 0 Å². The lowest BCUT2D eigenvalue weighted by Gasteiger charge is -2.09. The number of hydrogen-bond acceptors (Lipinski definition) is 1. The van der Waals surface area contributed by atoms with Crippen LogP contribution in [0.5, 0.6) is 0 Å². The Labute approximate surface area is 122 Å². The smallest absolute Gasteiger partial charge is 0.0572 e. The van der Waals surface area contributed by atoms with Gasteiger partial charge < -0.3 is 5.11 Å². The molecule has 0 saturated carbocycles. The van der Waals surface area contributed by atoms with Crippen LogP contribution in [-0.2, 0) is 0 Å². The van der Waals surface area contributed by atoms with Crippen LogP contribution in [0, 0.1) is 6.42 Å². The first-order valence-corrected chi connectivity index (χ1v) is 8.82. The molecule has 0 rings (SSSR count). The van der Waals surface area contributed by atoms with E-state index >= 15 is 0 Å². The van der Waals surface area contributed by atoms with Crippen LogP contribution in [0.2, 0.25) is 0 Å². The van der Waals surface area contributed by atoms with E-state index in [1.165, 1.54) is 77.0 Å². The van der Waals surface area contributed by atoms with Crippen LogP contribution in [-0.4, -0.2) is 11.2 Å². The minimum atomic E-state index is -0.151. The van der Waals surface area contributed by atoms with Gasteiger partial charge in [0.25, 0.3) is 0 Å². The summed E-state index contributed by atoms with van der Waals surface area (Å²) in [5.74, 6) is 0. The van der Waals surface area contributed by atoms with Crippen molar-refractivity contribution in [3.8, 4) is 0 Å². The van der Waals surface area contributed by atoms with Gasteiger partial charge in [-0.05, 0) is 19.3 Å². The summed E-state index contributed by atoms with van der Waals surface area (Å²) in [6.07, 6.45) is 20.0. The second-order valence-electron chi connectivity index (χ2n) is 5.92. The molecular weight excluding hydrogens is 232 g/mol. The average molecular weight is 269 g/mol. The highest BCUT2D eigenvalue weighted by Crippen LogP contribution is 2.13. The Morgan fingerprint density at radius 3 is 1.74 bits per heavy atom. The van der Waals surface area contributed by atoms with Crippen molar-refractivity contribution in [2.24, 2.45) is 0 Å². The first-order chi connectivity index (χ1) is 9.31. The van der Waals surface area contributed by atoms with E-state index in [0.29, 0.717) is 0 Å². The number of unbranched alkanes of at least 4 members (excludes halogenated alkanes) is 11. The van der Waals surface area contributed by atoms with Gasteiger partial charge in [0.05, 0.1) is 6.10 Å². The SMILES string of the molecule is CCCCCCCCC[CH]C(O)CCCCCCC. The van der Waals surface area contributed by atoms with Gasteiger partial charge >= 0.3 is 0 Å². The largest absolute Gasteiger partial charge is 0.393 e. The third-order valence-electron chi connectivity index (χ3n) is 3.85. The molecule has 0 aliphatic heterocycles. The molecule has 0 aromatic heterocycles. The molecule has 0 spiro atoms. The maximum atomic E-state index is 9.82. The van der Waals surface area contributed by atoms with Gasteiger partial charge in [0.2, 0.25) is 0 Å². The topological polar surface area (TPSA) is 20.2 Å². The molecule has 0 aliphatic carbocycles. The minimum Gasteiger partial charge on any atom is -0.393 e. The van der Waals surface area contributed by atoms with Gasteiger partial charge in [-0.3, -0.25) is 0 Å². The molecule has 0 bridgehead atoms. The Kier molecular flexibility index (Phi) is 16.0. The molecule has 1 unspecified atom stereocenters. The van der Waals surface area contributed by atoms with Crippen LogP contribution in [0.4, 0.5) is 0 Å². The second-order valence-corrected chi connectivity index (χ2v) is 5.92. The van der Waals surface area contributed by atoms with Crippen molar-refractivity contribution >= 4 is 0 Å². The first-order valence-electron chi connectivity index (χ1n) is 8.82. The van der Waals surface area contributed by atoms with Crippen molar-refractivity contribution in [3.63, 3.8) is 0 Å². The fourth-order valence-electron chi connectivity index (χ4n) is 2.49. The van der Waals surface area contributed by atoms with Crippen molar-refractivity contribution in [1.29, 1.82) is 0 Å². The van der Waals surface area contributed by atoms with Crippen molar-refractivity contribution in [2.75, 3.05) is 0 Å². The Hall–Kier alpha value is -0.0400. The van der Waals surface area contributed by atoms with E-state index in [4.69, 9.17) is 0 Å². The van der Waals surface area contributed by atoms with E-state index < -0.39 is 0 Å². The Morgan fingerprint density at radius 2 is 1.16 bits per heavy atom. The van der Waals surface area contributed by atoms with Crippen molar-refractivity contribution < 1.29 is 5.11 Å². The molecule has 19 heavy (non-hydrogen) atoms. The molecule has 0 heterocycles. The monoisotopic (exact) mass is 269 g/mol. The summed E-state index contributed by atoms with van der Waals surface area (Å²) in [5, 5.41) is 9.82. The van der Waals surface area contributed by atoms with Crippen molar-refractivity contribution in [2.45, 2.75) is 110 Å². The zero-order valence-electron chi connectivity index (χ0n) is 13.5. The zero-order valence-corrected chi connectivity index (χ0v) is 13.5. The Bertz CT molecular complexity index is 156. The molecule has 0 fully saturated rings. The Balaban J connectivity index is 3.09. The summed E-state index contributed by atoms with van der Waals surface area (Å²) >= 11 is 0. The Morgan fingerprint density at radius 1 is 0.684 bits per heavy atom. The summed E-state index contributed by atoms with van der Waals surface area (Å²) in [6.45, 7) is 4.50. The molecule has 1 atom stereocenters. The predicted octanol–water partition coefficient (Wildman–Crippen LogP) is 6.05. The number of hydrogen-bond donors (Lipinski definition) is 1. The van der Waals surface area contributed by atoms with Crippen LogP contribution in [0.15, 0.2) is 0 Å². The minimum absolute atomic E-state index is 0.151. The fourth-order valence-corrected chi connectivity index (χ4v) is 2.49. The second kappa shape index (κ2) is 16.0. The zero-order chi connectivity index (χ0) is 14.2. The molecule has 0 aliphatic rings. The van der Waals surface area contributed by atoms with Crippen molar-refractivity contribution in [3.05, 3.63) is 6.42 Å². The molecule has 0 aromatic carbocycles. The third-order valence-corrected chi connectivity index (χ3v) is 3.85. The number of aliphatic hydroxyl groups excluding tert-OH is 1. The van der Waals surface area contributed by atoms with Gasteiger partial charge in [-0.25, -0.2) is 0 Å². The highest BCUT2D eigenvalue weighted by Gasteiger charge is 2.03. The lowest BCUT2D eigenvalue weighted by atomic mass is 10.0. The van der Waals surface area contributed by atoms with E-state index in [1.807, 2.05) is 0 Å². The van der Waals surface area contributed by atoms with E-state index in [-0.39, 0.29) is 6.10 Å². The van der Waals surface area contributed by atoms with Crippen LogP contribution in [0.1, 0.15) is 104 Å². The average Bonchev–Trinajstić information content (AvgIpc) is 2.41. The molecule has 0 saturated heterocycles. The molecule has 1 radical (unpaired) electrons. The van der Waals surface area contributed by atoms with Gasteiger partial charge in [0.1, 0.15) is 0 Å². The van der Waals surface area contributed by atoms with E-state index in [2.05, 4.69) is 20.3 Å². The summed E-state index contributed by atoms with van der Waals surface area (Å²) in [4.78, 5) is 0. The number of rotatable bonds is 15. The fraction of sp³-hybridized carbons (Fsp3) is 0.944. The standard InChI is InChI=1S/C18H37O/c1-3-5-7-9-10-11-13-15-17-18(19)16-14-12-8-6-4-2/h17-19H,3-16H2,1-2H3. The van der Waals surface area contributed by atoms with E-state index in [0.717, 1.165) is 12.8 Å². The van der Waals surface area contributed by atoms with Crippen molar-refractivity contribution in [1.82, 2.24) is 0 Å². The normalized spacial score (nSPS) is 12.8. The molecule has 1 nitrogen and oxygen atoms in total. The summed E-state index contributed by atoms with van der Waals surface area (Å²) in [5.41, 5.74) is 0. The summed E-state index contributed by atoms with van der Waals surface area (Å²) in [6, 6.07) is 0. The highest BCUT2D eigenvalue weighted by molar-refractivity contribution is 4.75. The van der Waals surface area contributed by atoms with E-state index in [9.17, 15) is 5.11 Å². The van der Waals surface area contributed by atoms with E-state index in [1.54, 1.807) is 0 Å². The summed E-state index contributed by atoms with van der Waals surface area (Å²) in [7, 11) is 0. The molecule has 1 heteroatoms. The first kappa shape index (κ1) is 19.0. The molecule has 1 N–H and O–H groups in total. The molecule has 0 amide bonds. The quantitative estimate of drug-likeness (QED) is 0.359. The molecular formula is C18H37O.